The van der Waals surface area contributed by atoms with Gasteiger partial charge in [0.25, 0.3) is 0 Å². The number of esters is 2. The molecule has 2 aliphatic rings. The Balaban J connectivity index is 1.55. The van der Waals surface area contributed by atoms with Crippen molar-refractivity contribution in [2.45, 2.75) is 24.9 Å². The van der Waals surface area contributed by atoms with E-state index in [1.54, 1.807) is 54.6 Å². The van der Waals surface area contributed by atoms with Crippen molar-refractivity contribution in [3.05, 3.63) is 95.1 Å². The minimum atomic E-state index is -0.506. The maximum atomic E-state index is 13.0. The van der Waals surface area contributed by atoms with Crippen LogP contribution < -0.4 is 14.8 Å². The van der Waals surface area contributed by atoms with E-state index >= 15 is 0 Å². The second-order valence-corrected chi connectivity index (χ2v) is 8.30. The number of fused-ring (bicyclic) bond motifs is 2. The minimum Gasteiger partial charge on any atom is -0.419 e. The lowest BCUT2D eigenvalue weighted by atomic mass is 9.77. The van der Waals surface area contributed by atoms with Crippen molar-refractivity contribution >= 4 is 11.9 Å². The van der Waals surface area contributed by atoms with Crippen molar-refractivity contribution in [3.8, 4) is 11.5 Å². The van der Waals surface area contributed by atoms with Gasteiger partial charge in [-0.25, -0.2) is 9.59 Å². The molecule has 1 atom stereocenters. The Morgan fingerprint density at radius 2 is 1.52 bits per heavy atom. The Labute approximate surface area is 192 Å². The van der Waals surface area contributed by atoms with E-state index in [1.807, 2.05) is 18.2 Å². The fraction of sp³-hybridized carbons (Fsp3) is 0.259. The molecule has 3 aromatic carbocycles. The number of rotatable bonds is 4. The largest absolute Gasteiger partial charge is 0.419 e. The summed E-state index contributed by atoms with van der Waals surface area (Å²) in [6.07, 6.45) is 2.46. The van der Waals surface area contributed by atoms with Crippen molar-refractivity contribution in [1.29, 1.82) is 0 Å². The van der Waals surface area contributed by atoms with E-state index in [0.717, 1.165) is 30.5 Å². The zero-order chi connectivity index (χ0) is 22.7. The highest BCUT2D eigenvalue weighted by Crippen LogP contribution is 2.46. The summed E-state index contributed by atoms with van der Waals surface area (Å²) in [6, 6.07) is 21.2. The Morgan fingerprint density at radius 3 is 2.15 bits per heavy atom. The summed E-state index contributed by atoms with van der Waals surface area (Å²) in [5.41, 5.74) is 2.22. The van der Waals surface area contributed by atoms with Gasteiger partial charge in [0.1, 0.15) is 5.60 Å². The predicted octanol–water partition coefficient (Wildman–Crippen LogP) is 4.28. The standard InChI is InChI=1S/C27H25NO5/c29-25(19-8-3-1-4-9-19)32-23-14-13-22-21(12-7-15-27(22)18-28-16-17-31-27)24(23)33-26(30)20-10-5-2-6-11-20/h1-6,8-11,13-14,28H,7,12,15-18H2. The molecule has 1 fully saturated rings. The lowest BCUT2D eigenvalue weighted by Crippen LogP contribution is -2.49. The molecule has 1 saturated heterocycles. The van der Waals surface area contributed by atoms with Crippen LogP contribution in [0.1, 0.15) is 44.7 Å². The minimum absolute atomic E-state index is 0.229. The van der Waals surface area contributed by atoms with Crippen LogP contribution >= 0.6 is 0 Å². The van der Waals surface area contributed by atoms with Gasteiger partial charge < -0.3 is 19.5 Å². The molecule has 0 bridgehead atoms. The molecule has 5 rings (SSSR count). The number of nitrogens with one attached hydrogen (secondary N) is 1. The number of hydrogen-bond donors (Lipinski definition) is 1. The Bertz CT molecular complexity index is 1150. The lowest BCUT2D eigenvalue weighted by Gasteiger charge is -2.42. The van der Waals surface area contributed by atoms with Gasteiger partial charge in [-0.1, -0.05) is 42.5 Å². The number of hydrogen-bond acceptors (Lipinski definition) is 6. The smallest absolute Gasteiger partial charge is 0.343 e. The first-order chi connectivity index (χ1) is 16.2. The summed E-state index contributed by atoms with van der Waals surface area (Å²) in [5, 5.41) is 3.42. The molecule has 6 heteroatoms. The third kappa shape index (κ3) is 4.27. The van der Waals surface area contributed by atoms with Crippen LogP contribution in [0.2, 0.25) is 0 Å². The molecular formula is C27H25NO5. The fourth-order valence-corrected chi connectivity index (χ4v) is 4.61. The molecule has 3 aromatic rings. The third-order valence-electron chi connectivity index (χ3n) is 6.21. The summed E-state index contributed by atoms with van der Waals surface area (Å²) in [4.78, 5) is 25.8. The summed E-state index contributed by atoms with van der Waals surface area (Å²) in [7, 11) is 0. The van der Waals surface area contributed by atoms with Crippen molar-refractivity contribution in [2.24, 2.45) is 0 Å². The maximum absolute atomic E-state index is 13.0. The van der Waals surface area contributed by atoms with Gasteiger partial charge in [0.2, 0.25) is 0 Å². The van der Waals surface area contributed by atoms with E-state index in [-0.39, 0.29) is 5.75 Å². The molecular weight excluding hydrogens is 418 g/mol. The number of morpholine rings is 1. The Kier molecular flexibility index (Phi) is 5.94. The molecule has 0 aromatic heterocycles. The van der Waals surface area contributed by atoms with Gasteiger partial charge in [0.05, 0.1) is 17.7 Å². The molecule has 1 unspecified atom stereocenters. The lowest BCUT2D eigenvalue weighted by molar-refractivity contribution is -0.0821. The van der Waals surface area contributed by atoms with E-state index in [9.17, 15) is 9.59 Å². The van der Waals surface area contributed by atoms with Crippen LogP contribution in [-0.2, 0) is 16.8 Å². The average Bonchev–Trinajstić information content (AvgIpc) is 2.87. The van der Waals surface area contributed by atoms with Crippen molar-refractivity contribution < 1.29 is 23.8 Å². The van der Waals surface area contributed by atoms with Crippen LogP contribution in [0.3, 0.4) is 0 Å². The monoisotopic (exact) mass is 443 g/mol. The molecule has 1 heterocycles. The van der Waals surface area contributed by atoms with Crippen LogP contribution in [0.4, 0.5) is 0 Å². The van der Waals surface area contributed by atoms with Gasteiger partial charge in [-0.05, 0) is 55.2 Å². The quantitative estimate of drug-likeness (QED) is 0.479. The second kappa shape index (κ2) is 9.17. The summed E-state index contributed by atoms with van der Waals surface area (Å²) in [5.74, 6) is -0.483. The van der Waals surface area contributed by atoms with Crippen LogP contribution in [0.15, 0.2) is 72.8 Å². The molecule has 0 amide bonds. The first-order valence-corrected chi connectivity index (χ1v) is 11.2. The molecule has 6 nitrogen and oxygen atoms in total. The second-order valence-electron chi connectivity index (χ2n) is 8.30. The van der Waals surface area contributed by atoms with Crippen LogP contribution in [0.5, 0.6) is 11.5 Å². The molecule has 1 aliphatic heterocycles. The van der Waals surface area contributed by atoms with Crippen LogP contribution in [0.25, 0.3) is 0 Å². The van der Waals surface area contributed by atoms with Gasteiger partial charge in [-0.15, -0.1) is 0 Å². The summed E-state index contributed by atoms with van der Waals surface area (Å²) < 4.78 is 17.9. The highest BCUT2D eigenvalue weighted by molar-refractivity contribution is 5.93. The van der Waals surface area contributed by atoms with Gasteiger partial charge in [0.15, 0.2) is 11.5 Å². The van der Waals surface area contributed by atoms with Crippen LogP contribution in [0, 0.1) is 0 Å². The van der Waals surface area contributed by atoms with Gasteiger partial charge in [0, 0.05) is 18.7 Å². The van der Waals surface area contributed by atoms with Gasteiger partial charge in [-0.2, -0.15) is 0 Å². The van der Waals surface area contributed by atoms with E-state index < -0.39 is 17.5 Å². The first kappa shape index (κ1) is 21.4. The third-order valence-corrected chi connectivity index (χ3v) is 6.21. The highest BCUT2D eigenvalue weighted by atomic mass is 16.6. The predicted molar refractivity (Wildman–Crippen MR) is 123 cm³/mol. The SMILES string of the molecule is O=C(Oc1ccc2c(c1OC(=O)c1ccccc1)CCCC21CNCCO1)c1ccccc1. The molecule has 0 saturated carbocycles. The molecule has 168 valence electrons. The van der Waals surface area contributed by atoms with E-state index in [2.05, 4.69) is 5.32 Å². The normalized spacial score (nSPS) is 19.5. The van der Waals surface area contributed by atoms with E-state index in [4.69, 9.17) is 14.2 Å². The zero-order valence-electron chi connectivity index (χ0n) is 18.2. The van der Waals surface area contributed by atoms with Crippen molar-refractivity contribution in [2.75, 3.05) is 19.7 Å². The molecule has 33 heavy (non-hydrogen) atoms. The molecule has 1 N–H and O–H groups in total. The van der Waals surface area contributed by atoms with Gasteiger partial charge in [-0.3, -0.25) is 0 Å². The number of carbonyl (C=O) groups is 2. The molecule has 0 radical (unpaired) electrons. The average molecular weight is 443 g/mol. The summed E-state index contributed by atoms with van der Waals surface area (Å²) >= 11 is 0. The number of carbonyl (C=O) groups excluding carboxylic acids is 2. The van der Waals surface area contributed by atoms with Crippen molar-refractivity contribution in [1.82, 2.24) is 5.32 Å². The Morgan fingerprint density at radius 1 is 0.848 bits per heavy atom. The number of benzene rings is 3. The zero-order valence-corrected chi connectivity index (χ0v) is 18.2. The topological polar surface area (TPSA) is 73.9 Å². The summed E-state index contributed by atoms with van der Waals surface area (Å²) in [6.45, 7) is 2.11. The van der Waals surface area contributed by atoms with Crippen LogP contribution in [-0.4, -0.2) is 31.6 Å². The van der Waals surface area contributed by atoms with E-state index in [1.165, 1.54) is 0 Å². The molecule has 1 aliphatic carbocycles. The van der Waals surface area contributed by atoms with Crippen molar-refractivity contribution in [3.63, 3.8) is 0 Å². The fourth-order valence-electron chi connectivity index (χ4n) is 4.61. The maximum Gasteiger partial charge on any atom is 0.343 e. The molecule has 1 spiro atoms. The van der Waals surface area contributed by atoms with Gasteiger partial charge >= 0.3 is 11.9 Å². The van der Waals surface area contributed by atoms with E-state index in [0.29, 0.717) is 36.4 Å². The first-order valence-electron chi connectivity index (χ1n) is 11.2. The Hall–Kier alpha value is -3.48. The number of ether oxygens (including phenoxy) is 3. The highest BCUT2D eigenvalue weighted by Gasteiger charge is 2.41.